The molecule has 3 aromatic carbocycles. The van der Waals surface area contributed by atoms with Gasteiger partial charge in [0, 0.05) is 0 Å². The maximum absolute atomic E-state index is 3.60. The summed E-state index contributed by atoms with van der Waals surface area (Å²) in [6.45, 7) is 4.28. The number of hydrogen-bond donors (Lipinski definition) is 0. The third kappa shape index (κ3) is 4.49. The predicted molar refractivity (Wildman–Crippen MR) is 86.7 cm³/mol. The second-order valence-corrected chi connectivity index (χ2v) is 5.41. The zero-order valence-corrected chi connectivity index (χ0v) is 14.3. The Labute approximate surface area is 140 Å². The first-order valence-corrected chi connectivity index (χ1v) is 7.13. The van der Waals surface area contributed by atoms with Crippen molar-refractivity contribution in [3.63, 3.8) is 0 Å². The molecule has 0 unspecified atom stereocenters. The number of rotatable bonds is 1. The Hall–Kier alpha value is -1.08. The number of halogens is 1. The molecule has 0 nitrogen and oxygen atoms in total. The Morgan fingerprint density at radius 2 is 1.45 bits per heavy atom. The zero-order valence-electron chi connectivity index (χ0n) is 11.6. The first-order valence-electron chi connectivity index (χ1n) is 6.34. The molecule has 0 bridgehead atoms. The van der Waals surface area contributed by atoms with Crippen LogP contribution in [0.3, 0.4) is 0 Å². The van der Waals surface area contributed by atoms with Gasteiger partial charge in [0.2, 0.25) is 0 Å². The third-order valence-electron chi connectivity index (χ3n) is 3.11. The molecule has 0 saturated carbocycles. The molecule has 0 saturated heterocycles. The fourth-order valence-corrected chi connectivity index (χ4v) is 2.56. The first kappa shape index (κ1) is 17.0. The molecule has 20 heavy (non-hydrogen) atoms. The van der Waals surface area contributed by atoms with Crippen LogP contribution in [0.1, 0.15) is 11.1 Å². The van der Waals surface area contributed by atoms with Gasteiger partial charge >= 0.3 is 17.1 Å². The van der Waals surface area contributed by atoms with Gasteiger partial charge in [-0.05, 0) is 18.3 Å². The maximum atomic E-state index is 3.60. The van der Waals surface area contributed by atoms with Crippen molar-refractivity contribution in [2.45, 2.75) is 13.8 Å². The van der Waals surface area contributed by atoms with Gasteiger partial charge in [0.15, 0.2) is 0 Å². The smallest absolute Gasteiger partial charge is 0.214 e. The van der Waals surface area contributed by atoms with Gasteiger partial charge in [-0.3, -0.25) is 0 Å². The molecule has 0 heterocycles. The van der Waals surface area contributed by atoms with Gasteiger partial charge in [-0.15, -0.1) is 39.7 Å². The summed E-state index contributed by atoms with van der Waals surface area (Å²) >= 11 is 3.60. The molecular formula is C18H17BrFe. The number of benzene rings is 1. The predicted octanol–water partition coefficient (Wildman–Crippen LogP) is 5.85. The fraction of sp³-hybridized carbons (Fsp3) is 0.111. The summed E-state index contributed by atoms with van der Waals surface area (Å²) in [6.07, 6.45) is 0. The molecule has 0 aromatic heterocycles. The van der Waals surface area contributed by atoms with Crippen LogP contribution in [-0.4, -0.2) is 0 Å². The molecule has 3 aromatic rings. The molecule has 0 fully saturated rings. The molecule has 0 aliphatic rings. The van der Waals surface area contributed by atoms with E-state index in [0.717, 1.165) is 0 Å². The summed E-state index contributed by atoms with van der Waals surface area (Å²) in [5, 5.41) is 0. The molecular weight excluding hydrogens is 352 g/mol. The molecule has 0 amide bonds. The Kier molecular flexibility index (Phi) is 7.01. The fourth-order valence-electron chi connectivity index (χ4n) is 1.88. The Bertz CT molecular complexity index is 590. The van der Waals surface area contributed by atoms with Gasteiger partial charge in [-0.2, -0.15) is 30.3 Å². The summed E-state index contributed by atoms with van der Waals surface area (Å²) in [4.78, 5) is 0. The standard InChI is InChI=1S/C13H12Br.C5H5.Fe/c1-9-7-12(11-5-3-4-6-11)13(14)8-10(9)2;1-2-4-5-3-1;/h3-8H,1-2H3;1-5H;/q2*-1;+2. The van der Waals surface area contributed by atoms with Crippen molar-refractivity contribution < 1.29 is 17.1 Å². The van der Waals surface area contributed by atoms with E-state index in [1.54, 1.807) is 0 Å². The van der Waals surface area contributed by atoms with Crippen molar-refractivity contribution in [3.05, 3.63) is 82.3 Å². The SMILES string of the molecule is Cc1cc(Br)c(-[c-]2cccc2)cc1C.[Fe+2].c1cc[cH-]c1. The van der Waals surface area contributed by atoms with Gasteiger partial charge in [-0.25, -0.2) is 12.1 Å². The van der Waals surface area contributed by atoms with E-state index >= 15 is 0 Å². The Balaban J connectivity index is 0.000000283. The first-order chi connectivity index (χ1) is 9.18. The van der Waals surface area contributed by atoms with E-state index in [9.17, 15) is 0 Å². The summed E-state index contributed by atoms with van der Waals surface area (Å²) in [6, 6.07) is 22.8. The monoisotopic (exact) mass is 368 g/mol. The molecule has 3 rings (SSSR count). The maximum Gasteiger partial charge on any atom is 2.00 e. The molecule has 104 valence electrons. The summed E-state index contributed by atoms with van der Waals surface area (Å²) < 4.78 is 1.17. The van der Waals surface area contributed by atoms with E-state index in [-0.39, 0.29) is 17.1 Å². The van der Waals surface area contributed by atoms with Crippen LogP contribution in [0.25, 0.3) is 11.1 Å². The summed E-state index contributed by atoms with van der Waals surface area (Å²) in [5.41, 5.74) is 5.22. The molecule has 0 aliphatic carbocycles. The van der Waals surface area contributed by atoms with E-state index in [0.29, 0.717) is 0 Å². The second-order valence-electron chi connectivity index (χ2n) is 4.55. The minimum absolute atomic E-state index is 0. The van der Waals surface area contributed by atoms with Crippen molar-refractivity contribution in [2.24, 2.45) is 0 Å². The van der Waals surface area contributed by atoms with Crippen molar-refractivity contribution in [3.8, 4) is 11.1 Å². The normalized spacial score (nSPS) is 9.35. The van der Waals surface area contributed by atoms with Crippen molar-refractivity contribution in [1.29, 1.82) is 0 Å². The van der Waals surface area contributed by atoms with Crippen molar-refractivity contribution in [2.75, 3.05) is 0 Å². The Morgan fingerprint density at radius 3 is 1.95 bits per heavy atom. The molecule has 0 N–H and O–H groups in total. The van der Waals surface area contributed by atoms with Crippen molar-refractivity contribution >= 4 is 15.9 Å². The number of aryl methyl sites for hydroxylation is 2. The van der Waals surface area contributed by atoms with E-state index in [4.69, 9.17) is 0 Å². The van der Waals surface area contributed by atoms with Crippen LogP contribution in [0.5, 0.6) is 0 Å². The van der Waals surface area contributed by atoms with Crippen LogP contribution in [0, 0.1) is 13.8 Å². The van der Waals surface area contributed by atoms with E-state index in [1.807, 2.05) is 30.3 Å². The molecule has 2 heteroatoms. The van der Waals surface area contributed by atoms with Crippen LogP contribution in [0.4, 0.5) is 0 Å². The zero-order chi connectivity index (χ0) is 13.7. The average molecular weight is 369 g/mol. The number of hydrogen-bond acceptors (Lipinski definition) is 0. The van der Waals surface area contributed by atoms with Gasteiger partial charge in [0.1, 0.15) is 0 Å². The molecule has 0 radical (unpaired) electrons. The van der Waals surface area contributed by atoms with Crippen LogP contribution in [-0.2, 0) is 17.1 Å². The van der Waals surface area contributed by atoms with E-state index in [2.05, 4.69) is 66.2 Å². The van der Waals surface area contributed by atoms with Crippen LogP contribution in [0.2, 0.25) is 0 Å². The van der Waals surface area contributed by atoms with E-state index < -0.39 is 0 Å². The molecule has 0 spiro atoms. The largest absolute Gasteiger partial charge is 2.00 e. The van der Waals surface area contributed by atoms with Crippen LogP contribution in [0.15, 0.2) is 71.2 Å². The quantitative estimate of drug-likeness (QED) is 0.373. The second kappa shape index (κ2) is 8.26. The van der Waals surface area contributed by atoms with Crippen LogP contribution < -0.4 is 0 Å². The van der Waals surface area contributed by atoms with Crippen LogP contribution >= 0.6 is 15.9 Å². The average Bonchev–Trinajstić information content (AvgIpc) is 3.07. The minimum Gasteiger partial charge on any atom is -0.214 e. The third-order valence-corrected chi connectivity index (χ3v) is 3.77. The Morgan fingerprint density at radius 1 is 0.900 bits per heavy atom. The summed E-state index contributed by atoms with van der Waals surface area (Å²) in [5.74, 6) is 0. The topological polar surface area (TPSA) is 0 Å². The van der Waals surface area contributed by atoms with Gasteiger partial charge in [0.25, 0.3) is 0 Å². The minimum atomic E-state index is 0. The molecule has 0 atom stereocenters. The van der Waals surface area contributed by atoms with Crippen molar-refractivity contribution in [1.82, 2.24) is 0 Å². The van der Waals surface area contributed by atoms with Gasteiger partial charge < -0.3 is 0 Å². The van der Waals surface area contributed by atoms with Gasteiger partial charge in [0.05, 0.1) is 0 Å². The van der Waals surface area contributed by atoms with Gasteiger partial charge in [-0.1, -0.05) is 22.8 Å². The summed E-state index contributed by atoms with van der Waals surface area (Å²) in [7, 11) is 0. The van der Waals surface area contributed by atoms with E-state index in [1.165, 1.54) is 26.7 Å². The molecule has 0 aliphatic heterocycles.